The van der Waals surface area contributed by atoms with Crippen molar-refractivity contribution in [3.8, 4) is 28.0 Å². The van der Waals surface area contributed by atoms with Crippen LogP contribution in [0.4, 0.5) is 0 Å². The molecule has 1 amide bonds. The summed E-state index contributed by atoms with van der Waals surface area (Å²) in [4.78, 5) is 22.0. The van der Waals surface area contributed by atoms with Gasteiger partial charge in [0.1, 0.15) is 11.4 Å². The van der Waals surface area contributed by atoms with Gasteiger partial charge in [-0.25, -0.2) is 4.98 Å². The number of hydrogen-bond acceptors (Lipinski definition) is 3. The zero-order chi connectivity index (χ0) is 20.5. The molecule has 2 aromatic carbocycles. The van der Waals surface area contributed by atoms with Crippen molar-refractivity contribution in [3.05, 3.63) is 72.1 Å². The minimum atomic E-state index is -0.00487. The Morgan fingerprint density at radius 2 is 1.83 bits per heavy atom. The average molecular weight is 385 g/mol. The fourth-order valence-electron chi connectivity index (χ4n) is 3.52. The topological polar surface area (TPSA) is 58.2 Å². The molecule has 0 saturated carbocycles. The van der Waals surface area contributed by atoms with E-state index in [4.69, 9.17) is 4.74 Å². The summed E-state index contributed by atoms with van der Waals surface area (Å²) < 4.78 is 5.53. The molecular weight excluding hydrogens is 362 g/mol. The summed E-state index contributed by atoms with van der Waals surface area (Å²) in [7, 11) is 5.20. The van der Waals surface area contributed by atoms with E-state index < -0.39 is 0 Å². The summed E-state index contributed by atoms with van der Waals surface area (Å²) in [5, 5.41) is 1.01. The van der Waals surface area contributed by atoms with Crippen molar-refractivity contribution >= 4 is 16.9 Å². The molecule has 5 nitrogen and oxygen atoms in total. The number of nitrogens with one attached hydrogen (secondary N) is 1. The van der Waals surface area contributed by atoms with Gasteiger partial charge in [0.15, 0.2) is 0 Å². The number of carbonyl (C=O) groups is 1. The van der Waals surface area contributed by atoms with Crippen LogP contribution in [0.15, 0.2) is 60.9 Å². The highest BCUT2D eigenvalue weighted by atomic mass is 16.5. The predicted molar refractivity (Wildman–Crippen MR) is 116 cm³/mol. The summed E-state index contributed by atoms with van der Waals surface area (Å²) in [5.74, 6) is 0.808. The fraction of sp³-hybridized carbons (Fsp3) is 0.167. The first kappa shape index (κ1) is 18.7. The molecule has 5 heteroatoms. The van der Waals surface area contributed by atoms with Crippen molar-refractivity contribution in [2.45, 2.75) is 6.92 Å². The molecule has 0 aliphatic heterocycles. The molecule has 0 fully saturated rings. The SMILES string of the molecule is COc1ccccc1-c1c[nH]c2ncc(-c3ccc(C)c(C(=O)N(C)C)c3)cc12. The standard InChI is InChI=1S/C24H23N3O2/c1-15-9-10-16(11-19(15)24(28)27(2)3)17-12-20-21(14-26-23(20)25-13-17)18-7-5-6-8-22(18)29-4/h5-14H,1-4H3,(H,25,26). The van der Waals surface area contributed by atoms with Gasteiger partial charge in [-0.3, -0.25) is 4.79 Å². The number of ether oxygens (including phenoxy) is 1. The monoisotopic (exact) mass is 385 g/mol. The molecule has 146 valence electrons. The summed E-state index contributed by atoms with van der Waals surface area (Å²) in [6.45, 7) is 1.95. The first-order chi connectivity index (χ1) is 14.0. The lowest BCUT2D eigenvalue weighted by Gasteiger charge is -2.14. The Bertz CT molecular complexity index is 1210. The Balaban J connectivity index is 1.85. The molecule has 0 aliphatic carbocycles. The third-order valence-corrected chi connectivity index (χ3v) is 5.14. The molecular formula is C24H23N3O2. The van der Waals surface area contributed by atoms with Gasteiger partial charge in [-0.15, -0.1) is 0 Å². The molecule has 0 bridgehead atoms. The van der Waals surface area contributed by atoms with E-state index in [9.17, 15) is 4.79 Å². The van der Waals surface area contributed by atoms with Crippen molar-refractivity contribution in [2.75, 3.05) is 21.2 Å². The second-order valence-electron chi connectivity index (χ2n) is 7.25. The number of aromatic nitrogens is 2. The van der Waals surface area contributed by atoms with E-state index in [-0.39, 0.29) is 5.91 Å². The van der Waals surface area contributed by atoms with Crippen LogP contribution in [0.2, 0.25) is 0 Å². The molecule has 2 heterocycles. The van der Waals surface area contributed by atoms with Crippen molar-refractivity contribution in [2.24, 2.45) is 0 Å². The minimum absolute atomic E-state index is 0.00487. The fourth-order valence-corrected chi connectivity index (χ4v) is 3.52. The number of fused-ring (bicyclic) bond motifs is 1. The largest absolute Gasteiger partial charge is 0.496 e. The number of aryl methyl sites for hydroxylation is 1. The van der Waals surface area contributed by atoms with E-state index >= 15 is 0 Å². The highest BCUT2D eigenvalue weighted by Crippen LogP contribution is 2.36. The van der Waals surface area contributed by atoms with Crippen LogP contribution in [0.1, 0.15) is 15.9 Å². The third kappa shape index (κ3) is 3.36. The van der Waals surface area contributed by atoms with Crippen LogP contribution >= 0.6 is 0 Å². The second kappa shape index (κ2) is 7.43. The maximum Gasteiger partial charge on any atom is 0.253 e. The van der Waals surface area contributed by atoms with Crippen LogP contribution in [0.3, 0.4) is 0 Å². The third-order valence-electron chi connectivity index (χ3n) is 5.14. The zero-order valence-electron chi connectivity index (χ0n) is 17.0. The Hall–Kier alpha value is -3.60. The van der Waals surface area contributed by atoms with Crippen LogP contribution in [-0.2, 0) is 0 Å². The van der Waals surface area contributed by atoms with Crippen molar-refractivity contribution in [1.29, 1.82) is 0 Å². The second-order valence-corrected chi connectivity index (χ2v) is 7.25. The summed E-state index contributed by atoms with van der Waals surface area (Å²) in [6, 6.07) is 16.0. The molecule has 0 atom stereocenters. The number of nitrogens with zero attached hydrogens (tertiary/aromatic N) is 2. The predicted octanol–water partition coefficient (Wildman–Crippen LogP) is 4.92. The molecule has 29 heavy (non-hydrogen) atoms. The number of carbonyl (C=O) groups excluding carboxylic acids is 1. The molecule has 4 aromatic rings. The van der Waals surface area contributed by atoms with E-state index in [0.717, 1.165) is 44.6 Å². The Morgan fingerprint density at radius 1 is 1.03 bits per heavy atom. The van der Waals surface area contributed by atoms with E-state index in [1.54, 1.807) is 26.1 Å². The maximum absolute atomic E-state index is 12.5. The molecule has 0 aliphatic rings. The Labute approximate surface area is 170 Å². The first-order valence-electron chi connectivity index (χ1n) is 9.43. The molecule has 0 saturated heterocycles. The van der Waals surface area contributed by atoms with E-state index in [1.807, 2.05) is 61.8 Å². The maximum atomic E-state index is 12.5. The van der Waals surface area contributed by atoms with Gasteiger partial charge in [0, 0.05) is 54.1 Å². The summed E-state index contributed by atoms with van der Waals surface area (Å²) in [6.07, 6.45) is 3.79. The summed E-state index contributed by atoms with van der Waals surface area (Å²) >= 11 is 0. The number of pyridine rings is 1. The Kier molecular flexibility index (Phi) is 4.80. The number of H-pyrrole nitrogens is 1. The number of hydrogen-bond donors (Lipinski definition) is 1. The smallest absolute Gasteiger partial charge is 0.253 e. The number of aromatic amines is 1. The van der Waals surface area contributed by atoms with Gasteiger partial charge in [0.05, 0.1) is 7.11 Å². The van der Waals surface area contributed by atoms with Crippen molar-refractivity contribution in [3.63, 3.8) is 0 Å². The van der Waals surface area contributed by atoms with Gasteiger partial charge >= 0.3 is 0 Å². The lowest BCUT2D eigenvalue weighted by Crippen LogP contribution is -2.22. The lowest BCUT2D eigenvalue weighted by atomic mass is 9.98. The van der Waals surface area contributed by atoms with Crippen LogP contribution in [0, 0.1) is 6.92 Å². The minimum Gasteiger partial charge on any atom is -0.496 e. The van der Waals surface area contributed by atoms with Gasteiger partial charge in [0.25, 0.3) is 5.91 Å². The van der Waals surface area contributed by atoms with E-state index in [0.29, 0.717) is 5.56 Å². The molecule has 4 rings (SSSR count). The normalized spacial score (nSPS) is 10.9. The van der Waals surface area contributed by atoms with Crippen LogP contribution in [-0.4, -0.2) is 42.0 Å². The number of para-hydroxylation sites is 1. The van der Waals surface area contributed by atoms with Crippen molar-refractivity contribution < 1.29 is 9.53 Å². The highest BCUT2D eigenvalue weighted by molar-refractivity contribution is 5.99. The van der Waals surface area contributed by atoms with Gasteiger partial charge in [-0.1, -0.05) is 30.3 Å². The van der Waals surface area contributed by atoms with Gasteiger partial charge in [-0.05, 0) is 36.2 Å². The van der Waals surface area contributed by atoms with Crippen LogP contribution < -0.4 is 4.74 Å². The lowest BCUT2D eigenvalue weighted by molar-refractivity contribution is 0.0827. The van der Waals surface area contributed by atoms with Gasteiger partial charge in [0.2, 0.25) is 0 Å². The van der Waals surface area contributed by atoms with Crippen LogP contribution in [0.5, 0.6) is 5.75 Å². The molecule has 0 spiro atoms. The quantitative estimate of drug-likeness (QED) is 0.543. The van der Waals surface area contributed by atoms with Crippen LogP contribution in [0.25, 0.3) is 33.3 Å². The average Bonchev–Trinajstić information content (AvgIpc) is 3.16. The molecule has 0 unspecified atom stereocenters. The number of amides is 1. The molecule has 2 aromatic heterocycles. The van der Waals surface area contributed by atoms with E-state index in [1.165, 1.54) is 0 Å². The van der Waals surface area contributed by atoms with Gasteiger partial charge < -0.3 is 14.6 Å². The number of rotatable bonds is 4. The summed E-state index contributed by atoms with van der Waals surface area (Å²) in [5.41, 5.74) is 6.43. The highest BCUT2D eigenvalue weighted by Gasteiger charge is 2.15. The first-order valence-corrected chi connectivity index (χ1v) is 9.43. The Morgan fingerprint density at radius 3 is 2.59 bits per heavy atom. The number of benzene rings is 2. The molecule has 1 N–H and O–H groups in total. The van der Waals surface area contributed by atoms with Crippen molar-refractivity contribution in [1.82, 2.24) is 14.9 Å². The van der Waals surface area contributed by atoms with E-state index in [2.05, 4.69) is 16.0 Å². The zero-order valence-corrected chi connectivity index (χ0v) is 17.0. The van der Waals surface area contributed by atoms with Gasteiger partial charge in [-0.2, -0.15) is 0 Å². The number of methoxy groups -OCH3 is 1. The molecule has 0 radical (unpaired) electrons.